The normalized spacial score (nSPS) is 20.7. The molecule has 0 bridgehead atoms. The quantitative estimate of drug-likeness (QED) is 0.671. The molecule has 0 saturated heterocycles. The summed E-state index contributed by atoms with van der Waals surface area (Å²) in [5.74, 6) is 0.501. The van der Waals surface area contributed by atoms with Crippen LogP contribution in [0.3, 0.4) is 0 Å². The highest BCUT2D eigenvalue weighted by Crippen LogP contribution is 2.14. The monoisotopic (exact) mass is 275 g/mol. The van der Waals surface area contributed by atoms with Crippen LogP contribution in [0.4, 0.5) is 0 Å². The zero-order valence-electron chi connectivity index (χ0n) is 12.7. The Kier molecular flexibility index (Phi) is 10.6. The molecule has 0 unspecified atom stereocenters. The Bertz CT molecular complexity index is 300. The summed E-state index contributed by atoms with van der Waals surface area (Å²) in [7, 11) is 0. The number of ketones is 1. The molecule has 0 aromatic carbocycles. The number of rotatable bonds is 0. The first-order valence-corrected chi connectivity index (χ1v) is 8.16. The summed E-state index contributed by atoms with van der Waals surface area (Å²) >= 11 is 0. The minimum atomic E-state index is 0.501. The molecule has 1 N–H and O–H groups in total. The second-order valence-corrected chi connectivity index (χ2v) is 5.49. The standard InChI is InChI=1S/C12H22O.C6H7N/c13-12-10-8-6-4-2-1-3-5-7-9-11-12;1-2-4-6-7-5-3-1/h1-11H2;1-7H. The molecule has 1 saturated carbocycles. The molecule has 0 aromatic heterocycles. The van der Waals surface area contributed by atoms with E-state index in [4.69, 9.17) is 0 Å². The average Bonchev–Trinajstić information content (AvgIpc) is 2.76. The van der Waals surface area contributed by atoms with Crippen molar-refractivity contribution in [1.82, 2.24) is 5.32 Å². The third-order valence-electron chi connectivity index (χ3n) is 3.63. The lowest BCUT2D eigenvalue weighted by Crippen LogP contribution is -1.98. The molecule has 1 aliphatic carbocycles. The lowest BCUT2D eigenvalue weighted by atomic mass is 10.0. The summed E-state index contributed by atoms with van der Waals surface area (Å²) in [6, 6.07) is 0. The fraction of sp³-hybridized carbons (Fsp3) is 0.611. The first-order valence-electron chi connectivity index (χ1n) is 8.16. The van der Waals surface area contributed by atoms with Crippen LogP contribution in [0.5, 0.6) is 0 Å². The van der Waals surface area contributed by atoms with Crippen molar-refractivity contribution in [3.63, 3.8) is 0 Å². The van der Waals surface area contributed by atoms with Crippen LogP contribution >= 0.6 is 0 Å². The SMILES string of the molecule is C1=CC=CNC=C1.O=C1CCCCCCCCCCC1. The Balaban J connectivity index is 0.000000240. The number of allylic oxidation sites excluding steroid dienone is 4. The van der Waals surface area contributed by atoms with Crippen LogP contribution in [0.25, 0.3) is 0 Å². The molecule has 2 rings (SSSR count). The number of nitrogens with one attached hydrogen (secondary N) is 1. The highest BCUT2D eigenvalue weighted by molar-refractivity contribution is 5.78. The van der Waals surface area contributed by atoms with E-state index in [1.807, 2.05) is 36.7 Å². The predicted octanol–water partition coefficient (Wildman–Crippen LogP) is 5.03. The van der Waals surface area contributed by atoms with Gasteiger partial charge in [-0.3, -0.25) is 4.79 Å². The van der Waals surface area contributed by atoms with E-state index in [9.17, 15) is 4.79 Å². The number of hydrogen-bond acceptors (Lipinski definition) is 2. The smallest absolute Gasteiger partial charge is 0.132 e. The van der Waals surface area contributed by atoms with Crippen LogP contribution < -0.4 is 5.32 Å². The average molecular weight is 275 g/mol. The van der Waals surface area contributed by atoms with Crippen LogP contribution in [-0.2, 0) is 4.79 Å². The number of carbonyl (C=O) groups excluding carboxylic acids is 1. The highest BCUT2D eigenvalue weighted by atomic mass is 16.1. The van der Waals surface area contributed by atoms with Gasteiger partial charge in [0.25, 0.3) is 0 Å². The third kappa shape index (κ3) is 10.6. The van der Waals surface area contributed by atoms with Gasteiger partial charge in [-0.1, -0.05) is 57.1 Å². The van der Waals surface area contributed by atoms with E-state index in [2.05, 4.69) is 5.32 Å². The molecular weight excluding hydrogens is 246 g/mol. The van der Waals surface area contributed by atoms with Crippen molar-refractivity contribution in [2.75, 3.05) is 0 Å². The second kappa shape index (κ2) is 12.7. The molecule has 1 fully saturated rings. The van der Waals surface area contributed by atoms with Crippen LogP contribution in [0.2, 0.25) is 0 Å². The molecule has 2 aliphatic rings. The maximum absolute atomic E-state index is 11.3. The van der Waals surface area contributed by atoms with Crippen LogP contribution in [0, 0.1) is 0 Å². The van der Waals surface area contributed by atoms with Gasteiger partial charge in [-0.25, -0.2) is 0 Å². The molecule has 0 atom stereocenters. The summed E-state index contributed by atoms with van der Waals surface area (Å²) in [5.41, 5.74) is 0. The van der Waals surface area contributed by atoms with Gasteiger partial charge in [0, 0.05) is 25.2 Å². The fourth-order valence-electron chi connectivity index (χ4n) is 2.41. The van der Waals surface area contributed by atoms with Crippen LogP contribution in [0.1, 0.15) is 70.6 Å². The predicted molar refractivity (Wildman–Crippen MR) is 86.3 cm³/mol. The van der Waals surface area contributed by atoms with Gasteiger partial charge in [-0.05, 0) is 25.0 Å². The highest BCUT2D eigenvalue weighted by Gasteiger charge is 2.02. The third-order valence-corrected chi connectivity index (χ3v) is 3.63. The van der Waals surface area contributed by atoms with E-state index in [1.165, 1.54) is 44.9 Å². The maximum Gasteiger partial charge on any atom is 0.132 e. The minimum absolute atomic E-state index is 0.501. The van der Waals surface area contributed by atoms with E-state index in [1.54, 1.807) is 0 Å². The molecular formula is C18H29NO. The Hall–Kier alpha value is -1.31. The van der Waals surface area contributed by atoms with Crippen molar-refractivity contribution >= 4 is 5.78 Å². The minimum Gasteiger partial charge on any atom is -0.368 e. The molecule has 112 valence electrons. The number of carbonyl (C=O) groups is 1. The van der Waals surface area contributed by atoms with Gasteiger partial charge >= 0.3 is 0 Å². The largest absolute Gasteiger partial charge is 0.368 e. The Morgan fingerprint density at radius 3 is 1.45 bits per heavy atom. The summed E-state index contributed by atoms with van der Waals surface area (Å²) in [6.45, 7) is 0. The van der Waals surface area contributed by atoms with Crippen molar-refractivity contribution in [2.45, 2.75) is 70.6 Å². The van der Waals surface area contributed by atoms with E-state index in [-0.39, 0.29) is 0 Å². The first-order chi connectivity index (χ1) is 9.89. The molecule has 0 radical (unpaired) electrons. The zero-order valence-corrected chi connectivity index (χ0v) is 12.7. The van der Waals surface area contributed by atoms with Gasteiger partial charge in [0.2, 0.25) is 0 Å². The summed E-state index contributed by atoms with van der Waals surface area (Å²) in [6.07, 6.45) is 24.9. The lowest BCUT2D eigenvalue weighted by Gasteiger charge is -2.05. The van der Waals surface area contributed by atoms with Crippen molar-refractivity contribution in [3.8, 4) is 0 Å². The topological polar surface area (TPSA) is 29.1 Å². The van der Waals surface area contributed by atoms with Gasteiger partial charge < -0.3 is 5.32 Å². The molecule has 1 aliphatic heterocycles. The van der Waals surface area contributed by atoms with Crippen molar-refractivity contribution < 1.29 is 4.79 Å². The van der Waals surface area contributed by atoms with Crippen molar-refractivity contribution in [1.29, 1.82) is 0 Å². The lowest BCUT2D eigenvalue weighted by molar-refractivity contribution is -0.119. The van der Waals surface area contributed by atoms with E-state index in [0.29, 0.717) is 5.78 Å². The molecule has 20 heavy (non-hydrogen) atoms. The van der Waals surface area contributed by atoms with Gasteiger partial charge in [-0.2, -0.15) is 0 Å². The summed E-state index contributed by atoms with van der Waals surface area (Å²) in [5, 5.41) is 2.92. The van der Waals surface area contributed by atoms with Crippen molar-refractivity contribution in [2.24, 2.45) is 0 Å². The Morgan fingerprint density at radius 2 is 1.00 bits per heavy atom. The van der Waals surface area contributed by atoms with Crippen LogP contribution in [0.15, 0.2) is 36.7 Å². The van der Waals surface area contributed by atoms with E-state index >= 15 is 0 Å². The molecule has 2 nitrogen and oxygen atoms in total. The summed E-state index contributed by atoms with van der Waals surface area (Å²) < 4.78 is 0. The van der Waals surface area contributed by atoms with E-state index < -0.39 is 0 Å². The van der Waals surface area contributed by atoms with Gasteiger partial charge in [-0.15, -0.1) is 0 Å². The Labute approximate surface area is 124 Å². The number of Topliss-reactive ketones (excluding diaryl/α,β-unsaturated/α-hetero) is 1. The maximum atomic E-state index is 11.3. The van der Waals surface area contributed by atoms with E-state index in [0.717, 1.165) is 25.7 Å². The molecule has 0 amide bonds. The van der Waals surface area contributed by atoms with Gasteiger partial charge in [0.1, 0.15) is 5.78 Å². The first kappa shape index (κ1) is 16.7. The molecule has 0 spiro atoms. The molecule has 1 heterocycles. The number of hydrogen-bond donors (Lipinski definition) is 1. The van der Waals surface area contributed by atoms with Gasteiger partial charge in [0.05, 0.1) is 0 Å². The second-order valence-electron chi connectivity index (χ2n) is 5.49. The zero-order chi connectivity index (χ0) is 14.3. The van der Waals surface area contributed by atoms with Crippen molar-refractivity contribution in [3.05, 3.63) is 36.7 Å². The fourth-order valence-corrected chi connectivity index (χ4v) is 2.41. The molecule has 2 heteroatoms. The molecule has 0 aromatic rings. The van der Waals surface area contributed by atoms with Gasteiger partial charge in [0.15, 0.2) is 0 Å². The Morgan fingerprint density at radius 1 is 0.600 bits per heavy atom. The van der Waals surface area contributed by atoms with Crippen LogP contribution in [-0.4, -0.2) is 5.78 Å². The summed E-state index contributed by atoms with van der Waals surface area (Å²) in [4.78, 5) is 11.3.